The Hall–Kier alpha value is -2.74. The number of ether oxygens (including phenoxy) is 4. The van der Waals surface area contributed by atoms with E-state index in [1.54, 1.807) is 0 Å². The number of amides is 1. The molecule has 3 aliphatic rings. The lowest BCUT2D eigenvalue weighted by Gasteiger charge is -2.54. The maximum absolute atomic E-state index is 12.8. The normalized spacial score (nSPS) is 27.8. The Morgan fingerprint density at radius 3 is 2.72 bits per heavy atom. The van der Waals surface area contributed by atoms with Crippen molar-refractivity contribution in [3.63, 3.8) is 0 Å². The van der Waals surface area contributed by atoms with Crippen molar-refractivity contribution in [1.29, 1.82) is 0 Å². The number of carboxylic acid groups (broad SMARTS) is 1. The average molecular weight is 544 g/mol. The van der Waals surface area contributed by atoms with Crippen molar-refractivity contribution in [1.82, 2.24) is 4.90 Å². The molecule has 2 saturated heterocycles. The second kappa shape index (κ2) is 11.8. The average Bonchev–Trinajstić information content (AvgIpc) is 2.84. The number of carbonyl (C=O) groups excluding carboxylic acids is 1. The largest absolute Gasteiger partial charge is 0.490 e. The number of nitrogens with zero attached hydrogens (tertiary/aromatic N) is 1. The lowest BCUT2D eigenvalue weighted by atomic mass is 9.68. The predicted molar refractivity (Wildman–Crippen MR) is 148 cm³/mol. The number of carboxylic acids is 1. The first-order valence-corrected chi connectivity index (χ1v) is 14.3. The van der Waals surface area contributed by atoms with Crippen LogP contribution in [0.2, 0.25) is 0 Å². The molecule has 1 aromatic carbocycles. The summed E-state index contributed by atoms with van der Waals surface area (Å²) in [5, 5.41) is 8.98. The van der Waals surface area contributed by atoms with E-state index in [9.17, 15) is 9.59 Å². The van der Waals surface area contributed by atoms with Crippen LogP contribution >= 0.6 is 0 Å². The van der Waals surface area contributed by atoms with E-state index in [0.29, 0.717) is 37.6 Å². The van der Waals surface area contributed by atoms with Gasteiger partial charge >= 0.3 is 12.1 Å². The third-order valence-corrected chi connectivity index (χ3v) is 7.98. The van der Waals surface area contributed by atoms with Crippen molar-refractivity contribution in [2.45, 2.75) is 103 Å². The van der Waals surface area contributed by atoms with E-state index in [4.69, 9.17) is 24.1 Å². The number of carbonyl (C=O) groups is 2. The molecule has 2 fully saturated rings. The Labute approximate surface area is 232 Å². The monoisotopic (exact) mass is 543 g/mol. The van der Waals surface area contributed by atoms with E-state index in [0.717, 1.165) is 31.2 Å². The van der Waals surface area contributed by atoms with Gasteiger partial charge in [-0.15, -0.1) is 0 Å². The van der Waals surface area contributed by atoms with Gasteiger partial charge in [0, 0.05) is 36.9 Å². The van der Waals surface area contributed by atoms with E-state index in [-0.39, 0.29) is 36.6 Å². The SMILES string of the molecule is CC(C)=CCC[C@]1(C)Oc2c(OCCCC(=O)O)cccc2[C@H]2O[C@H]3CCN(C(=O)OC(C)(C)C)C[C@@H]3C[C@@H]21. The summed E-state index contributed by atoms with van der Waals surface area (Å²) in [5.74, 6) is 0.824. The fraction of sp³-hybridized carbons (Fsp3) is 0.677. The molecule has 0 aliphatic carbocycles. The predicted octanol–water partition coefficient (Wildman–Crippen LogP) is 6.53. The summed E-state index contributed by atoms with van der Waals surface area (Å²) >= 11 is 0. The van der Waals surface area contributed by atoms with E-state index in [1.807, 2.05) is 37.8 Å². The quantitative estimate of drug-likeness (QED) is 0.294. The van der Waals surface area contributed by atoms with Crippen LogP contribution < -0.4 is 9.47 Å². The molecule has 4 rings (SSSR count). The highest BCUT2D eigenvalue weighted by Gasteiger charge is 2.54. The molecule has 8 heteroatoms. The van der Waals surface area contributed by atoms with Gasteiger partial charge in [0.1, 0.15) is 11.2 Å². The molecule has 1 aromatic rings. The van der Waals surface area contributed by atoms with Crippen LogP contribution in [-0.2, 0) is 14.3 Å². The second-order valence-electron chi connectivity index (χ2n) is 12.7. The smallest absolute Gasteiger partial charge is 0.410 e. The zero-order valence-corrected chi connectivity index (χ0v) is 24.3. The number of rotatable bonds is 8. The van der Waals surface area contributed by atoms with Gasteiger partial charge in [0.2, 0.25) is 0 Å². The summed E-state index contributed by atoms with van der Waals surface area (Å²) in [4.78, 5) is 25.6. The molecular weight excluding hydrogens is 498 g/mol. The van der Waals surface area contributed by atoms with Crippen LogP contribution in [0.5, 0.6) is 11.5 Å². The third-order valence-electron chi connectivity index (χ3n) is 7.98. The number of allylic oxidation sites excluding steroid dienone is 2. The molecule has 0 unspecified atom stereocenters. The van der Waals surface area contributed by atoms with Crippen LogP contribution in [0.4, 0.5) is 4.79 Å². The molecule has 8 nitrogen and oxygen atoms in total. The van der Waals surface area contributed by atoms with Crippen LogP contribution in [0, 0.1) is 11.8 Å². The Bertz CT molecular complexity index is 1070. The minimum atomic E-state index is -0.831. The maximum Gasteiger partial charge on any atom is 0.410 e. The van der Waals surface area contributed by atoms with Crippen LogP contribution in [0.3, 0.4) is 0 Å². The molecule has 3 heterocycles. The summed E-state index contributed by atoms with van der Waals surface area (Å²) in [6.07, 6.45) is 5.76. The number of piperidine rings is 1. The Morgan fingerprint density at radius 2 is 2.03 bits per heavy atom. The molecule has 0 aromatic heterocycles. The van der Waals surface area contributed by atoms with Gasteiger partial charge in [0.25, 0.3) is 0 Å². The third kappa shape index (κ3) is 7.07. The van der Waals surface area contributed by atoms with Gasteiger partial charge in [-0.1, -0.05) is 23.8 Å². The number of aliphatic carboxylic acids is 1. The van der Waals surface area contributed by atoms with Crippen molar-refractivity contribution in [3.8, 4) is 11.5 Å². The van der Waals surface area contributed by atoms with Crippen LogP contribution in [0.15, 0.2) is 29.8 Å². The first-order valence-electron chi connectivity index (χ1n) is 14.3. The number of fused-ring (bicyclic) bond motifs is 4. The summed E-state index contributed by atoms with van der Waals surface area (Å²) < 4.78 is 25.4. The Balaban J connectivity index is 1.58. The van der Waals surface area contributed by atoms with Gasteiger partial charge < -0.3 is 29.0 Å². The number of benzene rings is 1. The van der Waals surface area contributed by atoms with Gasteiger partial charge in [0.05, 0.1) is 18.8 Å². The molecule has 0 saturated carbocycles. The topological polar surface area (TPSA) is 94.5 Å². The fourth-order valence-corrected chi connectivity index (χ4v) is 6.08. The lowest BCUT2D eigenvalue weighted by molar-refractivity contribution is -0.191. The van der Waals surface area contributed by atoms with Gasteiger partial charge in [-0.3, -0.25) is 4.79 Å². The molecule has 0 spiro atoms. The van der Waals surface area contributed by atoms with Crippen molar-refractivity contribution < 1.29 is 33.6 Å². The number of hydrogen-bond donors (Lipinski definition) is 1. The molecule has 5 atom stereocenters. The van der Waals surface area contributed by atoms with Crippen molar-refractivity contribution >= 4 is 12.1 Å². The van der Waals surface area contributed by atoms with Crippen LogP contribution in [-0.4, -0.2) is 59.1 Å². The van der Waals surface area contributed by atoms with Gasteiger partial charge in [0.15, 0.2) is 11.5 Å². The summed E-state index contributed by atoms with van der Waals surface area (Å²) in [5.41, 5.74) is 1.24. The van der Waals surface area contributed by atoms with Gasteiger partial charge in [-0.05, 0) is 79.7 Å². The standard InChI is InChI=1S/C31H45NO7/c1-20(2)10-8-15-31(6)23-18-21-19-32(29(35)39-30(3,4)5)16-14-24(21)37-27(23)22-11-7-12-25(28(22)38-31)36-17-9-13-26(33)34/h7,10-12,21,23-24,27H,8-9,13-19H2,1-6H3,(H,33,34)/t21-,23-,24-,27+,31-/m0/s1. The number of likely N-dealkylation sites (tertiary alicyclic amines) is 1. The highest BCUT2D eigenvalue weighted by molar-refractivity contribution is 5.68. The first kappa shape index (κ1) is 29.2. The minimum Gasteiger partial charge on any atom is -0.490 e. The molecule has 3 aliphatic heterocycles. The molecule has 0 radical (unpaired) electrons. The Morgan fingerprint density at radius 1 is 1.26 bits per heavy atom. The van der Waals surface area contributed by atoms with Crippen molar-refractivity contribution in [3.05, 3.63) is 35.4 Å². The van der Waals surface area contributed by atoms with Gasteiger partial charge in [-0.25, -0.2) is 4.79 Å². The Kier molecular flexibility index (Phi) is 8.84. The highest BCUT2D eigenvalue weighted by atomic mass is 16.6. The number of para-hydroxylation sites is 1. The van der Waals surface area contributed by atoms with E-state index < -0.39 is 17.2 Å². The first-order chi connectivity index (χ1) is 18.4. The zero-order chi connectivity index (χ0) is 28.4. The summed E-state index contributed by atoms with van der Waals surface area (Å²) in [7, 11) is 0. The molecule has 1 amide bonds. The summed E-state index contributed by atoms with van der Waals surface area (Å²) in [6.45, 7) is 13.6. The molecular formula is C31H45NO7. The second-order valence-corrected chi connectivity index (χ2v) is 12.7. The van der Waals surface area contributed by atoms with Gasteiger partial charge in [-0.2, -0.15) is 0 Å². The van der Waals surface area contributed by atoms with Crippen LogP contribution in [0.1, 0.15) is 91.7 Å². The zero-order valence-electron chi connectivity index (χ0n) is 24.3. The highest BCUT2D eigenvalue weighted by Crippen LogP contribution is 2.56. The van der Waals surface area contributed by atoms with E-state index >= 15 is 0 Å². The van der Waals surface area contributed by atoms with Crippen LogP contribution in [0.25, 0.3) is 0 Å². The number of hydrogen-bond acceptors (Lipinski definition) is 6. The maximum atomic E-state index is 12.8. The van der Waals surface area contributed by atoms with E-state index in [2.05, 4.69) is 32.9 Å². The van der Waals surface area contributed by atoms with E-state index in [1.165, 1.54) is 5.57 Å². The molecule has 0 bridgehead atoms. The fourth-order valence-electron chi connectivity index (χ4n) is 6.08. The molecule has 39 heavy (non-hydrogen) atoms. The molecule has 1 N–H and O–H groups in total. The van der Waals surface area contributed by atoms with Crippen molar-refractivity contribution in [2.24, 2.45) is 11.8 Å². The van der Waals surface area contributed by atoms with Crippen molar-refractivity contribution in [2.75, 3.05) is 19.7 Å². The summed E-state index contributed by atoms with van der Waals surface area (Å²) in [6, 6.07) is 5.91. The lowest BCUT2D eigenvalue weighted by Crippen LogP contribution is -2.57. The minimum absolute atomic E-state index is 0.0538. The molecule has 216 valence electrons.